The van der Waals surface area contributed by atoms with Crippen molar-refractivity contribution in [2.45, 2.75) is 44.3 Å². The average Bonchev–Trinajstić information content (AvgIpc) is 3.35. The van der Waals surface area contributed by atoms with E-state index in [0.29, 0.717) is 22.7 Å². The van der Waals surface area contributed by atoms with E-state index in [2.05, 4.69) is 32.5 Å². The first-order valence-corrected chi connectivity index (χ1v) is 9.77. The van der Waals surface area contributed by atoms with Gasteiger partial charge in [-0.05, 0) is 37.8 Å². The minimum atomic E-state index is 0.0435. The zero-order valence-corrected chi connectivity index (χ0v) is 15.7. The van der Waals surface area contributed by atoms with Gasteiger partial charge < -0.3 is 5.32 Å². The number of fused-ring (bicyclic) bond motifs is 1. The lowest BCUT2D eigenvalue weighted by molar-refractivity contribution is -0.118. The first-order chi connectivity index (χ1) is 12.6. The molecule has 0 unspecified atom stereocenters. The summed E-state index contributed by atoms with van der Waals surface area (Å²) >= 11 is 1.35. The van der Waals surface area contributed by atoms with Crippen LogP contribution in [0.3, 0.4) is 0 Å². The van der Waals surface area contributed by atoms with Crippen LogP contribution >= 0.6 is 11.8 Å². The molecule has 6 nitrogen and oxygen atoms in total. The van der Waals surface area contributed by atoms with Crippen molar-refractivity contribution in [3.63, 3.8) is 0 Å². The highest BCUT2D eigenvalue weighted by Crippen LogP contribution is 2.22. The van der Waals surface area contributed by atoms with Crippen LogP contribution in [0.4, 0.5) is 0 Å². The maximum Gasteiger partial charge on any atom is 0.253 e. The summed E-state index contributed by atoms with van der Waals surface area (Å²) in [5.41, 5.74) is 4.41. The highest BCUT2D eigenvalue weighted by molar-refractivity contribution is 7.99. The number of carbonyl (C=O) groups is 1. The molecule has 0 saturated heterocycles. The van der Waals surface area contributed by atoms with E-state index < -0.39 is 0 Å². The van der Waals surface area contributed by atoms with E-state index in [0.717, 1.165) is 36.2 Å². The molecule has 26 heavy (non-hydrogen) atoms. The summed E-state index contributed by atoms with van der Waals surface area (Å²) in [6, 6.07) is 10.7. The Labute approximate surface area is 156 Å². The fourth-order valence-corrected chi connectivity index (χ4v) is 3.56. The number of carbonyl (C=O) groups excluding carboxylic acids is 1. The third-order valence-corrected chi connectivity index (χ3v) is 5.37. The van der Waals surface area contributed by atoms with Gasteiger partial charge >= 0.3 is 0 Å². The van der Waals surface area contributed by atoms with Crippen LogP contribution in [-0.4, -0.2) is 37.3 Å². The third kappa shape index (κ3) is 3.72. The van der Waals surface area contributed by atoms with E-state index in [9.17, 15) is 4.79 Å². The number of nitrogens with one attached hydrogen (secondary N) is 1. The van der Waals surface area contributed by atoms with Gasteiger partial charge in [0.15, 0.2) is 0 Å². The molecule has 1 saturated carbocycles. The Hall–Kier alpha value is -2.41. The molecule has 2 heterocycles. The van der Waals surface area contributed by atoms with Crippen molar-refractivity contribution in [3.05, 3.63) is 52.8 Å². The second-order valence-corrected chi connectivity index (χ2v) is 7.60. The van der Waals surface area contributed by atoms with E-state index >= 15 is 0 Å². The molecule has 0 bridgehead atoms. The van der Waals surface area contributed by atoms with Crippen LogP contribution in [0.15, 0.2) is 35.5 Å². The monoisotopic (exact) mass is 367 g/mol. The zero-order valence-electron chi connectivity index (χ0n) is 14.9. The molecule has 1 N–H and O–H groups in total. The fraction of sp³-hybridized carbons (Fsp3) is 0.368. The first kappa shape index (κ1) is 17.0. The molecule has 7 heteroatoms. The lowest BCUT2D eigenvalue weighted by Crippen LogP contribution is -2.27. The lowest BCUT2D eigenvalue weighted by atomic mass is 10.0. The predicted octanol–water partition coefficient (Wildman–Crippen LogP) is 2.70. The van der Waals surface area contributed by atoms with Gasteiger partial charge in [-0.3, -0.25) is 4.79 Å². The van der Waals surface area contributed by atoms with Crippen LogP contribution < -0.4 is 5.32 Å². The molecule has 3 aromatic rings. The van der Waals surface area contributed by atoms with Crippen molar-refractivity contribution in [2.24, 2.45) is 0 Å². The van der Waals surface area contributed by atoms with E-state index in [1.165, 1.54) is 17.3 Å². The maximum absolute atomic E-state index is 11.9. The minimum absolute atomic E-state index is 0.0435. The fourth-order valence-electron chi connectivity index (χ4n) is 2.93. The van der Waals surface area contributed by atoms with Crippen molar-refractivity contribution >= 4 is 23.4 Å². The Balaban J connectivity index is 1.55. The molecular weight excluding hydrogens is 346 g/mol. The summed E-state index contributed by atoms with van der Waals surface area (Å²) in [6.07, 6.45) is 3.00. The number of rotatable bonds is 6. The van der Waals surface area contributed by atoms with Crippen molar-refractivity contribution in [1.82, 2.24) is 24.9 Å². The summed E-state index contributed by atoms with van der Waals surface area (Å²) < 4.78 is 1.78. The highest BCUT2D eigenvalue weighted by Gasteiger charge is 2.23. The van der Waals surface area contributed by atoms with Gasteiger partial charge in [0.2, 0.25) is 11.1 Å². The number of benzene rings is 1. The van der Waals surface area contributed by atoms with Gasteiger partial charge in [-0.15, -0.1) is 5.10 Å². The Morgan fingerprint density at radius 1 is 1.23 bits per heavy atom. The lowest BCUT2D eigenvalue weighted by Gasteiger charge is -2.10. The van der Waals surface area contributed by atoms with E-state index in [-0.39, 0.29) is 5.91 Å². The molecule has 1 amide bonds. The van der Waals surface area contributed by atoms with Gasteiger partial charge in [0.05, 0.1) is 5.75 Å². The Bertz CT molecular complexity index is 949. The number of hydrogen-bond donors (Lipinski definition) is 1. The molecule has 2 aromatic heterocycles. The highest BCUT2D eigenvalue weighted by atomic mass is 32.2. The van der Waals surface area contributed by atoms with Crippen LogP contribution in [0, 0.1) is 13.8 Å². The standard InChI is InChI=1S/C19H21N5OS/c1-12-16(10-14-6-4-3-5-7-14)13(2)24-18(20-12)22-19(23-24)26-11-17(25)21-15-8-9-15/h3-7,15H,8-11H2,1-2H3,(H,21,25). The topological polar surface area (TPSA) is 72.2 Å². The predicted molar refractivity (Wildman–Crippen MR) is 101 cm³/mol. The summed E-state index contributed by atoms with van der Waals surface area (Å²) in [7, 11) is 0. The van der Waals surface area contributed by atoms with Crippen LogP contribution in [-0.2, 0) is 11.2 Å². The maximum atomic E-state index is 11.9. The van der Waals surface area contributed by atoms with Crippen LogP contribution in [0.5, 0.6) is 0 Å². The quantitative estimate of drug-likeness (QED) is 0.678. The molecule has 0 atom stereocenters. The van der Waals surface area contributed by atoms with Crippen LogP contribution in [0.2, 0.25) is 0 Å². The van der Waals surface area contributed by atoms with Gasteiger partial charge in [0.1, 0.15) is 0 Å². The first-order valence-electron chi connectivity index (χ1n) is 8.79. The zero-order chi connectivity index (χ0) is 18.1. The van der Waals surface area contributed by atoms with Crippen molar-refractivity contribution in [2.75, 3.05) is 5.75 Å². The summed E-state index contributed by atoms with van der Waals surface area (Å²) in [6.45, 7) is 4.05. The minimum Gasteiger partial charge on any atom is -0.353 e. The third-order valence-electron chi connectivity index (χ3n) is 4.53. The molecule has 134 valence electrons. The number of aryl methyl sites for hydroxylation is 2. The number of thioether (sulfide) groups is 1. The molecule has 0 aliphatic heterocycles. The number of amides is 1. The molecule has 1 aliphatic carbocycles. The SMILES string of the molecule is Cc1nc2nc(SCC(=O)NC3CC3)nn2c(C)c1Cc1ccccc1. The van der Waals surface area contributed by atoms with E-state index in [1.807, 2.05) is 32.0 Å². The van der Waals surface area contributed by atoms with Gasteiger partial charge in [-0.25, -0.2) is 9.50 Å². The van der Waals surface area contributed by atoms with Gasteiger partial charge in [0.25, 0.3) is 5.78 Å². The number of hydrogen-bond acceptors (Lipinski definition) is 5. The normalized spacial score (nSPS) is 13.9. The Morgan fingerprint density at radius 2 is 2.00 bits per heavy atom. The second kappa shape index (κ2) is 7.07. The molecule has 0 radical (unpaired) electrons. The molecule has 1 fully saturated rings. The second-order valence-electron chi connectivity index (χ2n) is 6.66. The molecule has 0 spiro atoms. The van der Waals surface area contributed by atoms with Crippen LogP contribution in [0.25, 0.3) is 5.78 Å². The molecule has 1 aromatic carbocycles. The van der Waals surface area contributed by atoms with E-state index in [1.54, 1.807) is 4.52 Å². The molecule has 1 aliphatic rings. The summed E-state index contributed by atoms with van der Waals surface area (Å²) in [4.78, 5) is 20.9. The summed E-state index contributed by atoms with van der Waals surface area (Å²) in [5.74, 6) is 0.964. The molecular formula is C19H21N5OS. The smallest absolute Gasteiger partial charge is 0.253 e. The van der Waals surface area contributed by atoms with Crippen molar-refractivity contribution in [3.8, 4) is 0 Å². The molecule has 4 rings (SSSR count). The Kier molecular flexibility index (Phi) is 4.63. The van der Waals surface area contributed by atoms with Crippen molar-refractivity contribution in [1.29, 1.82) is 0 Å². The number of nitrogens with zero attached hydrogens (tertiary/aromatic N) is 4. The summed E-state index contributed by atoms with van der Waals surface area (Å²) in [5, 5.41) is 8.11. The van der Waals surface area contributed by atoms with Gasteiger partial charge in [0, 0.05) is 23.9 Å². The van der Waals surface area contributed by atoms with Gasteiger partial charge in [-0.1, -0.05) is 42.1 Å². The van der Waals surface area contributed by atoms with Crippen LogP contribution in [0.1, 0.15) is 35.4 Å². The Morgan fingerprint density at radius 3 is 2.73 bits per heavy atom. The number of aromatic nitrogens is 4. The largest absolute Gasteiger partial charge is 0.353 e. The van der Waals surface area contributed by atoms with Crippen molar-refractivity contribution < 1.29 is 4.79 Å². The van der Waals surface area contributed by atoms with E-state index in [4.69, 9.17) is 0 Å². The average molecular weight is 367 g/mol. The van der Waals surface area contributed by atoms with Gasteiger partial charge in [-0.2, -0.15) is 4.98 Å².